The Kier molecular flexibility index (Phi) is 5.40. The van der Waals surface area contributed by atoms with Gasteiger partial charge in [0.1, 0.15) is 6.61 Å². The molecule has 0 aliphatic carbocycles. The van der Waals surface area contributed by atoms with E-state index in [0.29, 0.717) is 37.8 Å². The van der Waals surface area contributed by atoms with Crippen molar-refractivity contribution in [3.63, 3.8) is 0 Å². The van der Waals surface area contributed by atoms with E-state index in [0.717, 1.165) is 5.56 Å². The lowest BCUT2D eigenvalue weighted by Crippen LogP contribution is -2.21. The number of ether oxygens (including phenoxy) is 2. The fourth-order valence-corrected chi connectivity index (χ4v) is 1.97. The number of rotatable bonds is 7. The molecule has 0 radical (unpaired) electrons. The summed E-state index contributed by atoms with van der Waals surface area (Å²) < 4.78 is 12.9. The van der Waals surface area contributed by atoms with E-state index in [4.69, 9.17) is 15.2 Å². The zero-order chi connectivity index (χ0) is 15.1. The average Bonchev–Trinajstić information content (AvgIpc) is 2.51. The molecule has 5 nitrogen and oxygen atoms in total. The molecule has 0 atom stereocenters. The first-order valence-electron chi connectivity index (χ1n) is 6.98. The Bertz CT molecular complexity index is 637. The van der Waals surface area contributed by atoms with Gasteiger partial charge in [-0.15, -0.1) is 0 Å². The van der Waals surface area contributed by atoms with E-state index in [1.807, 2.05) is 31.2 Å². The zero-order valence-corrected chi connectivity index (χ0v) is 12.1. The molecule has 2 N–H and O–H groups in total. The van der Waals surface area contributed by atoms with Gasteiger partial charge in [-0.3, -0.25) is 4.79 Å². The molecule has 0 aliphatic rings. The van der Waals surface area contributed by atoms with Gasteiger partial charge in [0.25, 0.3) is 5.56 Å². The normalized spacial score (nSPS) is 10.4. The monoisotopic (exact) mass is 288 g/mol. The molecular formula is C16H20N2O3. The molecule has 0 bridgehead atoms. The predicted molar refractivity (Wildman–Crippen MR) is 81.7 cm³/mol. The second-order valence-electron chi connectivity index (χ2n) is 4.50. The molecule has 5 heteroatoms. The Balaban J connectivity index is 2.02. The first kappa shape index (κ1) is 15.1. The summed E-state index contributed by atoms with van der Waals surface area (Å²) in [6.07, 6.45) is 1.74. The number of hydrogen-bond donors (Lipinski definition) is 1. The van der Waals surface area contributed by atoms with Gasteiger partial charge in [0.2, 0.25) is 0 Å². The van der Waals surface area contributed by atoms with Crippen molar-refractivity contribution in [2.24, 2.45) is 5.73 Å². The first-order valence-corrected chi connectivity index (χ1v) is 6.98. The van der Waals surface area contributed by atoms with Crippen molar-refractivity contribution in [2.75, 3.05) is 13.2 Å². The fourth-order valence-electron chi connectivity index (χ4n) is 1.97. The van der Waals surface area contributed by atoms with Crippen LogP contribution in [0.3, 0.4) is 0 Å². The average molecular weight is 288 g/mol. The van der Waals surface area contributed by atoms with Crippen molar-refractivity contribution >= 4 is 0 Å². The van der Waals surface area contributed by atoms with Crippen molar-refractivity contribution in [3.05, 3.63) is 58.5 Å². The molecule has 112 valence electrons. The molecule has 0 aliphatic heterocycles. The van der Waals surface area contributed by atoms with Crippen LogP contribution in [0.5, 0.6) is 11.5 Å². The van der Waals surface area contributed by atoms with E-state index in [1.54, 1.807) is 16.8 Å². The lowest BCUT2D eigenvalue weighted by Gasteiger charge is -2.13. The zero-order valence-electron chi connectivity index (χ0n) is 12.1. The van der Waals surface area contributed by atoms with Crippen LogP contribution in [0.15, 0.2) is 47.4 Å². The van der Waals surface area contributed by atoms with Gasteiger partial charge >= 0.3 is 0 Å². The highest BCUT2D eigenvalue weighted by atomic mass is 16.5. The molecule has 2 aromatic rings. The Morgan fingerprint density at radius 2 is 2.00 bits per heavy atom. The molecule has 1 aromatic carbocycles. The largest absolute Gasteiger partial charge is 0.490 e. The molecule has 0 fully saturated rings. The van der Waals surface area contributed by atoms with Crippen molar-refractivity contribution in [3.8, 4) is 11.5 Å². The first-order chi connectivity index (χ1) is 10.2. The van der Waals surface area contributed by atoms with Gasteiger partial charge in [-0.2, -0.15) is 0 Å². The quantitative estimate of drug-likeness (QED) is 0.843. The van der Waals surface area contributed by atoms with Crippen molar-refractivity contribution in [1.82, 2.24) is 4.57 Å². The molecular weight excluding hydrogens is 268 g/mol. The van der Waals surface area contributed by atoms with Crippen LogP contribution in [0.1, 0.15) is 12.5 Å². The van der Waals surface area contributed by atoms with Crippen LogP contribution in [0.4, 0.5) is 0 Å². The summed E-state index contributed by atoms with van der Waals surface area (Å²) >= 11 is 0. The minimum absolute atomic E-state index is 0.0374. The summed E-state index contributed by atoms with van der Waals surface area (Å²) in [5.74, 6) is 1.35. The summed E-state index contributed by atoms with van der Waals surface area (Å²) in [6, 6.07) is 10.7. The summed E-state index contributed by atoms with van der Waals surface area (Å²) in [6.45, 7) is 3.82. The Labute approximate surface area is 123 Å². The lowest BCUT2D eigenvalue weighted by atomic mass is 10.2. The fraction of sp³-hybridized carbons (Fsp3) is 0.312. The van der Waals surface area contributed by atoms with Gasteiger partial charge < -0.3 is 19.8 Å². The Morgan fingerprint density at radius 1 is 1.14 bits per heavy atom. The molecule has 2 rings (SSSR count). The molecule has 0 saturated carbocycles. The van der Waals surface area contributed by atoms with Crippen molar-refractivity contribution in [1.29, 1.82) is 0 Å². The third-order valence-electron chi connectivity index (χ3n) is 3.03. The summed E-state index contributed by atoms with van der Waals surface area (Å²) in [7, 11) is 0. The second-order valence-corrected chi connectivity index (χ2v) is 4.50. The maximum Gasteiger partial charge on any atom is 0.250 e. The van der Waals surface area contributed by atoms with Gasteiger partial charge in [-0.1, -0.05) is 12.1 Å². The highest BCUT2D eigenvalue weighted by Crippen LogP contribution is 2.28. The number of aromatic nitrogens is 1. The van der Waals surface area contributed by atoms with Gasteiger partial charge in [0.15, 0.2) is 11.5 Å². The molecule has 1 heterocycles. The molecule has 0 amide bonds. The third kappa shape index (κ3) is 4.10. The van der Waals surface area contributed by atoms with Crippen LogP contribution < -0.4 is 20.8 Å². The predicted octanol–water partition coefficient (Wildman–Crippen LogP) is 1.78. The summed E-state index contributed by atoms with van der Waals surface area (Å²) in [5.41, 5.74) is 6.58. The number of pyridine rings is 1. The number of hydrogen-bond acceptors (Lipinski definition) is 4. The van der Waals surface area contributed by atoms with E-state index in [-0.39, 0.29) is 5.56 Å². The molecule has 0 unspecified atom stereocenters. The summed E-state index contributed by atoms with van der Waals surface area (Å²) in [5, 5.41) is 0. The van der Waals surface area contributed by atoms with Gasteiger partial charge in [-0.05, 0) is 30.7 Å². The molecule has 0 saturated heterocycles. The van der Waals surface area contributed by atoms with Gasteiger partial charge in [0, 0.05) is 18.8 Å². The smallest absolute Gasteiger partial charge is 0.250 e. The second kappa shape index (κ2) is 7.50. The van der Waals surface area contributed by atoms with Crippen LogP contribution in [0.2, 0.25) is 0 Å². The summed E-state index contributed by atoms with van der Waals surface area (Å²) in [4.78, 5) is 11.6. The highest BCUT2D eigenvalue weighted by molar-refractivity contribution is 5.43. The number of nitrogens with zero attached hydrogens (tertiary/aromatic N) is 1. The van der Waals surface area contributed by atoms with Crippen LogP contribution in [-0.4, -0.2) is 17.8 Å². The van der Waals surface area contributed by atoms with E-state index < -0.39 is 0 Å². The maximum atomic E-state index is 11.6. The minimum atomic E-state index is -0.0374. The molecule has 21 heavy (non-hydrogen) atoms. The Hall–Kier alpha value is -2.27. The van der Waals surface area contributed by atoms with Crippen molar-refractivity contribution in [2.45, 2.75) is 20.0 Å². The van der Waals surface area contributed by atoms with E-state index >= 15 is 0 Å². The topological polar surface area (TPSA) is 66.5 Å². The van der Waals surface area contributed by atoms with E-state index in [1.165, 1.54) is 6.07 Å². The van der Waals surface area contributed by atoms with Crippen LogP contribution in [-0.2, 0) is 13.1 Å². The molecule has 0 spiro atoms. The number of nitrogens with two attached hydrogens (primary N) is 1. The molecule has 1 aromatic heterocycles. The SMILES string of the molecule is CCOc1cc(CN)ccc1OCCn1ccccc1=O. The minimum Gasteiger partial charge on any atom is -0.490 e. The maximum absolute atomic E-state index is 11.6. The lowest BCUT2D eigenvalue weighted by molar-refractivity contribution is 0.265. The Morgan fingerprint density at radius 3 is 2.71 bits per heavy atom. The van der Waals surface area contributed by atoms with Gasteiger partial charge in [0.05, 0.1) is 13.2 Å². The van der Waals surface area contributed by atoms with Crippen molar-refractivity contribution < 1.29 is 9.47 Å². The standard InChI is InChI=1S/C16H20N2O3/c1-2-20-15-11-13(12-17)6-7-14(15)21-10-9-18-8-4-3-5-16(18)19/h3-8,11H,2,9-10,12,17H2,1H3. The van der Waals surface area contributed by atoms with E-state index in [2.05, 4.69) is 0 Å². The number of benzene rings is 1. The van der Waals surface area contributed by atoms with Gasteiger partial charge in [-0.25, -0.2) is 0 Å². The highest BCUT2D eigenvalue weighted by Gasteiger charge is 2.06. The van der Waals surface area contributed by atoms with E-state index in [9.17, 15) is 4.79 Å². The van der Waals surface area contributed by atoms with Crippen LogP contribution in [0, 0.1) is 0 Å². The van der Waals surface area contributed by atoms with Crippen LogP contribution >= 0.6 is 0 Å². The van der Waals surface area contributed by atoms with Crippen LogP contribution in [0.25, 0.3) is 0 Å². The third-order valence-corrected chi connectivity index (χ3v) is 3.03.